The second-order valence-corrected chi connectivity index (χ2v) is 7.43. The Morgan fingerprint density at radius 3 is 2.47 bits per heavy atom. The van der Waals surface area contributed by atoms with Crippen molar-refractivity contribution in [2.45, 2.75) is 20.0 Å². The number of ether oxygens (including phenoxy) is 1. The van der Waals surface area contributed by atoms with Gasteiger partial charge in [0.25, 0.3) is 11.5 Å². The number of nitro groups is 1. The molecular weight excluding hydrogens is 412 g/mol. The minimum Gasteiger partial charge on any atom is -0.448 e. The molecule has 0 saturated heterocycles. The number of amides is 1. The summed E-state index contributed by atoms with van der Waals surface area (Å²) in [7, 11) is 1.69. The van der Waals surface area contributed by atoms with E-state index in [2.05, 4.69) is 5.32 Å². The third-order valence-electron chi connectivity index (χ3n) is 4.43. The molecule has 0 bridgehead atoms. The number of nitrogens with zero attached hydrogens (tertiary/aromatic N) is 3. The molecule has 30 heavy (non-hydrogen) atoms. The fourth-order valence-corrected chi connectivity index (χ4v) is 3.45. The molecular formula is C19H18N4O6S. The Labute approximate surface area is 174 Å². The van der Waals surface area contributed by atoms with Crippen molar-refractivity contribution < 1.29 is 19.2 Å². The Morgan fingerprint density at radius 1 is 1.20 bits per heavy atom. The Balaban J connectivity index is 1.76. The van der Waals surface area contributed by atoms with Crippen LogP contribution in [0, 0.1) is 17.0 Å². The first-order valence-electron chi connectivity index (χ1n) is 8.80. The minimum absolute atomic E-state index is 0.00340. The first kappa shape index (κ1) is 21.0. The fraction of sp³-hybridized carbons (Fsp3) is 0.211. The molecule has 11 heteroatoms. The lowest BCUT2D eigenvalue weighted by Crippen LogP contribution is -2.32. The van der Waals surface area contributed by atoms with Crippen molar-refractivity contribution in [3.05, 3.63) is 73.5 Å². The molecule has 0 aliphatic carbocycles. The van der Waals surface area contributed by atoms with E-state index in [0.717, 1.165) is 0 Å². The van der Waals surface area contributed by atoms with Crippen LogP contribution in [0.15, 0.2) is 47.3 Å². The van der Waals surface area contributed by atoms with Gasteiger partial charge in [0.2, 0.25) is 0 Å². The van der Waals surface area contributed by atoms with Crippen LogP contribution in [0.3, 0.4) is 0 Å². The monoisotopic (exact) mass is 430 g/mol. The maximum absolute atomic E-state index is 12.8. The Kier molecular flexibility index (Phi) is 5.83. The zero-order valence-electron chi connectivity index (χ0n) is 16.3. The SMILES string of the molecule is Cc1c(NC(=O)[C@H](C)OC(=O)c2ccc([N+](=O)[O-])s2)c(=O)n(-c2ccccc2)n1C. The molecule has 10 nitrogen and oxygen atoms in total. The Morgan fingerprint density at radius 2 is 1.87 bits per heavy atom. The van der Waals surface area contributed by atoms with E-state index >= 15 is 0 Å². The lowest BCUT2D eigenvalue weighted by Gasteiger charge is -2.12. The van der Waals surface area contributed by atoms with E-state index in [1.54, 1.807) is 42.9 Å². The van der Waals surface area contributed by atoms with Gasteiger partial charge in [-0.3, -0.25) is 24.4 Å². The largest absolute Gasteiger partial charge is 0.448 e. The first-order chi connectivity index (χ1) is 14.2. The molecule has 1 amide bonds. The van der Waals surface area contributed by atoms with Crippen molar-refractivity contribution in [1.29, 1.82) is 0 Å². The van der Waals surface area contributed by atoms with Crippen LogP contribution in [0.5, 0.6) is 0 Å². The fourth-order valence-electron chi connectivity index (χ4n) is 2.74. The highest BCUT2D eigenvalue weighted by Crippen LogP contribution is 2.25. The molecule has 0 aliphatic heterocycles. The lowest BCUT2D eigenvalue weighted by molar-refractivity contribution is -0.380. The normalized spacial score (nSPS) is 11.7. The van der Waals surface area contributed by atoms with Crippen molar-refractivity contribution in [2.24, 2.45) is 7.05 Å². The number of anilines is 1. The van der Waals surface area contributed by atoms with Crippen LogP contribution in [-0.4, -0.2) is 32.3 Å². The molecule has 1 N–H and O–H groups in total. The summed E-state index contributed by atoms with van der Waals surface area (Å²) in [6.07, 6.45) is -1.22. The quantitative estimate of drug-likeness (QED) is 0.364. The number of carbonyl (C=O) groups excluding carboxylic acids is 2. The number of para-hydroxylation sites is 1. The predicted octanol–water partition coefficient (Wildman–Crippen LogP) is 2.64. The van der Waals surface area contributed by atoms with Gasteiger partial charge in [0.15, 0.2) is 6.10 Å². The number of esters is 1. The Hall–Kier alpha value is -3.73. The number of nitrogens with one attached hydrogen (secondary N) is 1. The van der Waals surface area contributed by atoms with Gasteiger partial charge in [0.05, 0.1) is 16.3 Å². The van der Waals surface area contributed by atoms with Crippen LogP contribution in [-0.2, 0) is 16.6 Å². The molecule has 0 aliphatic rings. The van der Waals surface area contributed by atoms with Gasteiger partial charge in [-0.2, -0.15) is 0 Å². The van der Waals surface area contributed by atoms with E-state index in [4.69, 9.17) is 4.74 Å². The van der Waals surface area contributed by atoms with Crippen molar-refractivity contribution in [1.82, 2.24) is 9.36 Å². The average Bonchev–Trinajstić information content (AvgIpc) is 3.29. The first-order valence-corrected chi connectivity index (χ1v) is 9.62. The topological polar surface area (TPSA) is 125 Å². The molecule has 0 unspecified atom stereocenters. The van der Waals surface area contributed by atoms with Crippen molar-refractivity contribution in [2.75, 3.05) is 5.32 Å². The highest BCUT2D eigenvalue weighted by Gasteiger charge is 2.25. The Bertz CT molecular complexity index is 1180. The standard InChI is InChI=1S/C19H18N4O6S/c1-11-16(18(25)22(21(11)3)13-7-5-4-6-8-13)20-17(24)12(2)29-19(26)14-9-10-15(30-14)23(27)28/h4-10,12H,1-3H3,(H,20,24)/t12-/m0/s1. The van der Waals surface area contributed by atoms with Gasteiger partial charge in [-0.1, -0.05) is 29.5 Å². The van der Waals surface area contributed by atoms with Gasteiger partial charge in [-0.15, -0.1) is 0 Å². The van der Waals surface area contributed by atoms with Gasteiger partial charge in [-0.25, -0.2) is 9.48 Å². The number of aromatic nitrogens is 2. The zero-order valence-corrected chi connectivity index (χ0v) is 17.1. The summed E-state index contributed by atoms with van der Waals surface area (Å²) < 4.78 is 8.10. The number of hydrogen-bond acceptors (Lipinski definition) is 7. The van der Waals surface area contributed by atoms with Crippen LogP contribution in [0.25, 0.3) is 5.69 Å². The lowest BCUT2D eigenvalue weighted by atomic mass is 10.3. The highest BCUT2D eigenvalue weighted by molar-refractivity contribution is 7.17. The predicted molar refractivity (Wildman–Crippen MR) is 110 cm³/mol. The van der Waals surface area contributed by atoms with E-state index in [1.807, 2.05) is 6.07 Å². The number of hydrogen-bond donors (Lipinski definition) is 1. The van der Waals surface area contributed by atoms with Crippen molar-refractivity contribution in [3.63, 3.8) is 0 Å². The highest BCUT2D eigenvalue weighted by atomic mass is 32.1. The van der Waals surface area contributed by atoms with Crippen molar-refractivity contribution in [3.8, 4) is 5.69 Å². The molecule has 2 heterocycles. The summed E-state index contributed by atoms with van der Waals surface area (Å²) in [6.45, 7) is 3.03. The molecule has 3 aromatic rings. The summed E-state index contributed by atoms with van der Waals surface area (Å²) >= 11 is 0.653. The maximum Gasteiger partial charge on any atom is 0.349 e. The molecule has 0 spiro atoms. The second kappa shape index (κ2) is 8.33. The minimum atomic E-state index is -1.22. The molecule has 2 aromatic heterocycles. The van der Waals surface area contributed by atoms with E-state index in [9.17, 15) is 24.5 Å². The van der Waals surface area contributed by atoms with Crippen LogP contribution in [0.4, 0.5) is 10.7 Å². The molecule has 156 valence electrons. The molecule has 0 saturated carbocycles. The van der Waals surface area contributed by atoms with Gasteiger partial charge in [0, 0.05) is 13.1 Å². The summed E-state index contributed by atoms with van der Waals surface area (Å²) in [5.74, 6) is -1.55. The summed E-state index contributed by atoms with van der Waals surface area (Å²) in [5.41, 5.74) is 0.792. The number of benzene rings is 1. The van der Waals surface area contributed by atoms with E-state index in [1.165, 1.54) is 23.7 Å². The van der Waals surface area contributed by atoms with Crippen LogP contribution in [0.2, 0.25) is 0 Å². The number of rotatable bonds is 6. The molecule has 1 atom stereocenters. The summed E-state index contributed by atoms with van der Waals surface area (Å²) in [6, 6.07) is 11.4. The number of thiophene rings is 1. The van der Waals surface area contributed by atoms with Crippen LogP contribution >= 0.6 is 11.3 Å². The molecule has 3 rings (SSSR count). The van der Waals surface area contributed by atoms with Crippen LogP contribution < -0.4 is 10.9 Å². The molecule has 0 fully saturated rings. The average molecular weight is 430 g/mol. The van der Waals surface area contributed by atoms with E-state index < -0.39 is 28.5 Å². The van der Waals surface area contributed by atoms with Gasteiger partial charge < -0.3 is 10.1 Å². The maximum atomic E-state index is 12.8. The molecule has 0 radical (unpaired) electrons. The van der Waals surface area contributed by atoms with Crippen LogP contribution in [0.1, 0.15) is 22.3 Å². The van der Waals surface area contributed by atoms with Gasteiger partial charge in [-0.05, 0) is 32.0 Å². The van der Waals surface area contributed by atoms with E-state index in [-0.39, 0.29) is 15.6 Å². The summed E-state index contributed by atoms with van der Waals surface area (Å²) in [4.78, 5) is 47.6. The third kappa shape index (κ3) is 4.01. The zero-order chi connectivity index (χ0) is 22.0. The second-order valence-electron chi connectivity index (χ2n) is 6.37. The van der Waals surface area contributed by atoms with Crippen molar-refractivity contribution >= 4 is 33.9 Å². The summed E-state index contributed by atoms with van der Waals surface area (Å²) in [5, 5.41) is 13.0. The smallest absolute Gasteiger partial charge is 0.349 e. The van der Waals surface area contributed by atoms with Gasteiger partial charge in [0.1, 0.15) is 10.6 Å². The number of carbonyl (C=O) groups is 2. The van der Waals surface area contributed by atoms with Gasteiger partial charge >= 0.3 is 11.0 Å². The molecule has 1 aromatic carbocycles. The van der Waals surface area contributed by atoms with E-state index in [0.29, 0.717) is 22.7 Å². The third-order valence-corrected chi connectivity index (χ3v) is 5.45.